The van der Waals surface area contributed by atoms with Gasteiger partial charge in [-0.25, -0.2) is 0 Å². The average Bonchev–Trinajstić information content (AvgIpc) is 2.81. The molecular weight excluding hydrogens is 314 g/mol. The maximum atomic E-state index is 12.0. The Hall–Kier alpha value is -1.17. The van der Waals surface area contributed by atoms with E-state index >= 15 is 0 Å². The Kier molecular flexibility index (Phi) is 5.34. The Balaban J connectivity index is 1.85. The van der Waals surface area contributed by atoms with Gasteiger partial charge in [0.25, 0.3) is 0 Å². The van der Waals surface area contributed by atoms with Gasteiger partial charge in [-0.2, -0.15) is 0 Å². The lowest BCUT2D eigenvalue weighted by atomic mass is 10.3. The summed E-state index contributed by atoms with van der Waals surface area (Å²) < 4.78 is 0.731. The molecule has 106 valence electrons. The van der Waals surface area contributed by atoms with Gasteiger partial charge in [-0.1, -0.05) is 17.7 Å². The van der Waals surface area contributed by atoms with Gasteiger partial charge in [0.15, 0.2) is 0 Å². The lowest BCUT2D eigenvalue weighted by Gasteiger charge is -2.15. The average molecular weight is 328 g/mol. The second kappa shape index (κ2) is 7.02. The highest BCUT2D eigenvalue weighted by atomic mass is 35.5. The zero-order valence-electron chi connectivity index (χ0n) is 10.9. The lowest BCUT2D eigenvalue weighted by Crippen LogP contribution is -2.27. The first-order chi connectivity index (χ1) is 9.54. The molecule has 3 nitrogen and oxygen atoms in total. The molecule has 0 saturated carbocycles. The summed E-state index contributed by atoms with van der Waals surface area (Å²) in [5.74, 6) is 0.603. The summed E-state index contributed by atoms with van der Waals surface area (Å²) in [5.41, 5.74) is 0. The molecule has 0 radical (unpaired) electrons. The van der Waals surface area contributed by atoms with Crippen molar-refractivity contribution >= 4 is 40.6 Å². The second-order valence-electron chi connectivity index (χ2n) is 4.24. The molecule has 1 N–H and O–H groups in total. The SMILES string of the molecule is CN(Cc1ccc(Cl)s1)C(=O)CSc1cccc(O)c1. The van der Waals surface area contributed by atoms with Gasteiger partial charge in [0.1, 0.15) is 5.75 Å². The lowest BCUT2D eigenvalue weighted by molar-refractivity contribution is -0.127. The van der Waals surface area contributed by atoms with Crippen molar-refractivity contribution in [3.8, 4) is 5.75 Å². The van der Waals surface area contributed by atoms with Gasteiger partial charge in [-0.3, -0.25) is 4.79 Å². The van der Waals surface area contributed by atoms with Crippen LogP contribution >= 0.6 is 34.7 Å². The third-order valence-corrected chi connectivity index (χ3v) is 4.82. The van der Waals surface area contributed by atoms with Crippen LogP contribution in [0.15, 0.2) is 41.3 Å². The van der Waals surface area contributed by atoms with Gasteiger partial charge >= 0.3 is 0 Å². The highest BCUT2D eigenvalue weighted by Gasteiger charge is 2.11. The van der Waals surface area contributed by atoms with Crippen molar-refractivity contribution in [2.45, 2.75) is 11.4 Å². The minimum Gasteiger partial charge on any atom is -0.508 e. The molecular formula is C14H14ClNO2S2. The van der Waals surface area contributed by atoms with Crippen molar-refractivity contribution in [1.82, 2.24) is 4.90 Å². The Morgan fingerprint density at radius 1 is 1.40 bits per heavy atom. The zero-order valence-corrected chi connectivity index (χ0v) is 13.3. The summed E-state index contributed by atoms with van der Waals surface area (Å²) in [6, 6.07) is 10.7. The third kappa shape index (κ3) is 4.44. The van der Waals surface area contributed by atoms with Crippen LogP contribution in [0.2, 0.25) is 4.34 Å². The van der Waals surface area contributed by atoms with Crippen molar-refractivity contribution in [3.05, 3.63) is 45.6 Å². The number of thioether (sulfide) groups is 1. The number of carbonyl (C=O) groups excluding carboxylic acids is 1. The van der Waals surface area contributed by atoms with Crippen LogP contribution in [0.25, 0.3) is 0 Å². The molecule has 0 spiro atoms. The van der Waals surface area contributed by atoms with E-state index < -0.39 is 0 Å². The smallest absolute Gasteiger partial charge is 0.233 e. The minimum atomic E-state index is 0.0443. The molecule has 1 amide bonds. The molecule has 2 aromatic rings. The quantitative estimate of drug-likeness (QED) is 0.848. The molecule has 0 atom stereocenters. The van der Waals surface area contributed by atoms with E-state index in [0.717, 1.165) is 14.1 Å². The number of halogens is 1. The van der Waals surface area contributed by atoms with Crippen LogP contribution in [0, 0.1) is 0 Å². The van der Waals surface area contributed by atoms with E-state index in [1.54, 1.807) is 30.1 Å². The molecule has 6 heteroatoms. The highest BCUT2D eigenvalue weighted by molar-refractivity contribution is 8.00. The fourth-order valence-corrected chi connectivity index (χ4v) is 3.62. The van der Waals surface area contributed by atoms with E-state index in [2.05, 4.69) is 0 Å². The molecule has 0 aliphatic heterocycles. The number of rotatable bonds is 5. The van der Waals surface area contributed by atoms with Crippen molar-refractivity contribution < 1.29 is 9.90 Å². The summed E-state index contributed by atoms with van der Waals surface area (Å²) >= 11 is 8.76. The van der Waals surface area contributed by atoms with Crippen LogP contribution in [-0.4, -0.2) is 28.7 Å². The Morgan fingerprint density at radius 3 is 2.85 bits per heavy atom. The fraction of sp³-hybridized carbons (Fsp3) is 0.214. The first kappa shape index (κ1) is 15.2. The van der Waals surface area contributed by atoms with Gasteiger partial charge in [-0.05, 0) is 30.3 Å². The highest BCUT2D eigenvalue weighted by Crippen LogP contribution is 2.24. The van der Waals surface area contributed by atoms with Crippen molar-refractivity contribution in [3.63, 3.8) is 0 Å². The van der Waals surface area contributed by atoms with Crippen molar-refractivity contribution in [2.24, 2.45) is 0 Å². The fourth-order valence-electron chi connectivity index (χ4n) is 1.59. The molecule has 0 bridgehead atoms. The Morgan fingerprint density at radius 2 is 2.20 bits per heavy atom. The van der Waals surface area contributed by atoms with Gasteiger partial charge in [-0.15, -0.1) is 23.1 Å². The topological polar surface area (TPSA) is 40.5 Å². The molecule has 1 heterocycles. The standard InChI is InChI=1S/C14H14ClNO2S2/c1-16(8-12-5-6-13(15)20-12)14(18)9-19-11-4-2-3-10(17)7-11/h2-7,17H,8-9H2,1H3. The van der Waals surface area contributed by atoms with E-state index in [4.69, 9.17) is 11.6 Å². The predicted octanol–water partition coefficient (Wildman–Crippen LogP) is 3.86. The van der Waals surface area contributed by atoms with E-state index in [1.165, 1.54) is 23.1 Å². The molecule has 20 heavy (non-hydrogen) atoms. The number of thiophene rings is 1. The van der Waals surface area contributed by atoms with Crippen LogP contribution in [0.4, 0.5) is 0 Å². The molecule has 0 unspecified atom stereocenters. The van der Waals surface area contributed by atoms with Gasteiger partial charge < -0.3 is 10.0 Å². The molecule has 1 aromatic heterocycles. The molecule has 0 fully saturated rings. The number of amides is 1. The summed E-state index contributed by atoms with van der Waals surface area (Å²) in [6.45, 7) is 0.566. The Labute approximate surface area is 131 Å². The number of phenols is 1. The van der Waals surface area contributed by atoms with Crippen LogP contribution in [0.1, 0.15) is 4.88 Å². The monoisotopic (exact) mass is 327 g/mol. The number of hydrogen-bond acceptors (Lipinski definition) is 4. The Bertz CT molecular complexity index is 600. The maximum Gasteiger partial charge on any atom is 0.233 e. The van der Waals surface area contributed by atoms with Crippen molar-refractivity contribution in [2.75, 3.05) is 12.8 Å². The van der Waals surface area contributed by atoms with Gasteiger partial charge in [0, 0.05) is 16.8 Å². The number of benzene rings is 1. The van der Waals surface area contributed by atoms with Crippen LogP contribution in [0.3, 0.4) is 0 Å². The van der Waals surface area contributed by atoms with Gasteiger partial charge in [0.2, 0.25) is 5.91 Å². The number of carbonyl (C=O) groups is 1. The number of hydrogen-bond donors (Lipinski definition) is 1. The predicted molar refractivity (Wildman–Crippen MR) is 84.6 cm³/mol. The van der Waals surface area contributed by atoms with Crippen LogP contribution < -0.4 is 0 Å². The summed E-state index contributed by atoms with van der Waals surface area (Å²) in [6.07, 6.45) is 0. The number of aromatic hydroxyl groups is 1. The summed E-state index contributed by atoms with van der Waals surface area (Å²) in [4.78, 5) is 15.6. The number of phenolic OH excluding ortho intramolecular Hbond substituents is 1. The van der Waals surface area contributed by atoms with E-state index in [1.807, 2.05) is 18.2 Å². The molecule has 2 rings (SSSR count). The summed E-state index contributed by atoms with van der Waals surface area (Å²) in [7, 11) is 1.78. The third-order valence-electron chi connectivity index (χ3n) is 2.63. The summed E-state index contributed by atoms with van der Waals surface area (Å²) in [5, 5.41) is 9.36. The van der Waals surface area contributed by atoms with Crippen LogP contribution in [-0.2, 0) is 11.3 Å². The zero-order chi connectivity index (χ0) is 14.5. The molecule has 1 aromatic carbocycles. The van der Waals surface area contributed by atoms with E-state index in [-0.39, 0.29) is 11.7 Å². The largest absolute Gasteiger partial charge is 0.508 e. The molecule has 0 aliphatic carbocycles. The van der Waals surface area contributed by atoms with Crippen molar-refractivity contribution in [1.29, 1.82) is 0 Å². The minimum absolute atomic E-state index is 0.0443. The number of nitrogens with zero attached hydrogens (tertiary/aromatic N) is 1. The first-order valence-corrected chi connectivity index (χ1v) is 8.12. The van der Waals surface area contributed by atoms with Gasteiger partial charge in [0.05, 0.1) is 16.6 Å². The maximum absolute atomic E-state index is 12.0. The second-order valence-corrected chi connectivity index (χ2v) is 7.09. The normalized spacial score (nSPS) is 10.5. The molecule has 0 saturated heterocycles. The molecule has 0 aliphatic rings. The van der Waals surface area contributed by atoms with Crippen LogP contribution in [0.5, 0.6) is 5.75 Å². The first-order valence-electron chi connectivity index (χ1n) is 5.94. The van der Waals surface area contributed by atoms with E-state index in [9.17, 15) is 9.90 Å². The van der Waals surface area contributed by atoms with E-state index in [0.29, 0.717) is 12.3 Å².